The summed E-state index contributed by atoms with van der Waals surface area (Å²) in [4.78, 5) is 0. The summed E-state index contributed by atoms with van der Waals surface area (Å²) in [5.41, 5.74) is 1.95. The van der Waals surface area contributed by atoms with Gasteiger partial charge in [0, 0.05) is 8.59 Å². The number of benzene rings is 1. The molecule has 60 valence electrons. The van der Waals surface area contributed by atoms with Crippen LogP contribution in [0.1, 0.15) is 11.1 Å². The van der Waals surface area contributed by atoms with Crippen LogP contribution >= 0.6 is 34.2 Å². The lowest BCUT2D eigenvalue weighted by Gasteiger charge is -2.03. The molecular weight excluding hydrogens is 274 g/mol. The van der Waals surface area contributed by atoms with Crippen molar-refractivity contribution in [1.82, 2.24) is 0 Å². The molecule has 0 aliphatic heterocycles. The molecule has 0 unspecified atom stereocenters. The van der Waals surface area contributed by atoms with Gasteiger partial charge in [-0.3, -0.25) is 0 Å². The molecule has 3 heteroatoms. The van der Waals surface area contributed by atoms with Gasteiger partial charge >= 0.3 is 0 Å². The molecule has 1 N–H and O–H groups in total. The molecule has 0 saturated carbocycles. The van der Waals surface area contributed by atoms with Crippen LogP contribution in [0.15, 0.2) is 12.1 Å². The van der Waals surface area contributed by atoms with Crippen LogP contribution in [0, 0.1) is 10.5 Å². The monoisotopic (exact) mass is 282 g/mol. The Morgan fingerprint density at radius 3 is 2.73 bits per heavy atom. The highest BCUT2D eigenvalue weighted by Crippen LogP contribution is 2.22. The van der Waals surface area contributed by atoms with Gasteiger partial charge in [-0.2, -0.15) is 0 Å². The molecule has 0 bridgehead atoms. The van der Waals surface area contributed by atoms with Crippen molar-refractivity contribution < 1.29 is 5.11 Å². The molecule has 0 aromatic heterocycles. The van der Waals surface area contributed by atoms with Crippen LogP contribution in [0.5, 0.6) is 0 Å². The lowest BCUT2D eigenvalue weighted by Crippen LogP contribution is -1.89. The van der Waals surface area contributed by atoms with Crippen molar-refractivity contribution in [3.8, 4) is 0 Å². The largest absolute Gasteiger partial charge is 0.392 e. The Labute approximate surface area is 84.5 Å². The second-order valence-corrected chi connectivity index (χ2v) is 3.92. The smallest absolute Gasteiger partial charge is 0.0692 e. The Bertz CT molecular complexity index is 273. The molecular formula is C8H8ClIO. The van der Waals surface area contributed by atoms with Gasteiger partial charge in [0.15, 0.2) is 0 Å². The first-order chi connectivity index (χ1) is 5.15. The molecule has 0 aliphatic carbocycles. The Balaban J connectivity index is 3.21. The van der Waals surface area contributed by atoms with E-state index < -0.39 is 0 Å². The van der Waals surface area contributed by atoms with Gasteiger partial charge in [-0.25, -0.2) is 0 Å². The fourth-order valence-electron chi connectivity index (χ4n) is 0.838. The number of aliphatic hydroxyl groups excluding tert-OH is 1. The predicted octanol–water partition coefficient (Wildman–Crippen LogP) is 2.75. The van der Waals surface area contributed by atoms with Crippen molar-refractivity contribution in [2.75, 3.05) is 0 Å². The summed E-state index contributed by atoms with van der Waals surface area (Å²) < 4.78 is 1.01. The van der Waals surface area contributed by atoms with Gasteiger partial charge in [-0.1, -0.05) is 17.7 Å². The summed E-state index contributed by atoms with van der Waals surface area (Å²) >= 11 is 8.01. The van der Waals surface area contributed by atoms with Crippen LogP contribution in [0.3, 0.4) is 0 Å². The normalized spacial score (nSPS) is 10.2. The minimum Gasteiger partial charge on any atom is -0.392 e. The molecule has 1 rings (SSSR count). The molecule has 1 aromatic rings. The van der Waals surface area contributed by atoms with Crippen molar-refractivity contribution in [3.05, 3.63) is 31.9 Å². The zero-order chi connectivity index (χ0) is 8.43. The summed E-state index contributed by atoms with van der Waals surface area (Å²) in [5, 5.41) is 9.64. The highest BCUT2D eigenvalue weighted by Gasteiger charge is 2.01. The van der Waals surface area contributed by atoms with Gasteiger partial charge in [-0.15, -0.1) is 0 Å². The van der Waals surface area contributed by atoms with Crippen molar-refractivity contribution >= 4 is 34.2 Å². The summed E-state index contributed by atoms with van der Waals surface area (Å²) in [7, 11) is 0. The van der Waals surface area contributed by atoms with E-state index in [1.807, 2.05) is 19.1 Å². The van der Waals surface area contributed by atoms with E-state index in [2.05, 4.69) is 22.6 Å². The number of hydrogen-bond acceptors (Lipinski definition) is 1. The van der Waals surface area contributed by atoms with Crippen molar-refractivity contribution in [1.29, 1.82) is 0 Å². The number of halogens is 2. The third-order valence-electron chi connectivity index (χ3n) is 1.50. The molecule has 0 saturated heterocycles. The minimum atomic E-state index is 0.0796. The Morgan fingerprint density at radius 2 is 2.18 bits per heavy atom. The van der Waals surface area contributed by atoms with Gasteiger partial charge < -0.3 is 5.11 Å². The van der Waals surface area contributed by atoms with E-state index in [9.17, 15) is 0 Å². The van der Waals surface area contributed by atoms with Crippen molar-refractivity contribution in [2.45, 2.75) is 13.5 Å². The van der Waals surface area contributed by atoms with Crippen LogP contribution < -0.4 is 0 Å². The van der Waals surface area contributed by atoms with Gasteiger partial charge in [-0.05, 0) is 46.7 Å². The van der Waals surface area contributed by atoms with E-state index in [-0.39, 0.29) is 6.61 Å². The maximum Gasteiger partial charge on any atom is 0.0692 e. The number of hydrogen-bond donors (Lipinski definition) is 1. The number of aliphatic hydroxyl groups is 1. The summed E-state index contributed by atoms with van der Waals surface area (Å²) in [6, 6.07) is 3.77. The molecule has 0 spiro atoms. The lowest BCUT2D eigenvalue weighted by molar-refractivity contribution is 0.281. The summed E-state index contributed by atoms with van der Waals surface area (Å²) in [5.74, 6) is 0. The first-order valence-electron chi connectivity index (χ1n) is 3.20. The molecule has 0 amide bonds. The first-order valence-corrected chi connectivity index (χ1v) is 4.66. The predicted molar refractivity (Wildman–Crippen MR) is 54.8 cm³/mol. The molecule has 1 nitrogen and oxygen atoms in total. The molecule has 0 fully saturated rings. The Morgan fingerprint density at radius 1 is 1.55 bits per heavy atom. The van der Waals surface area contributed by atoms with Crippen LogP contribution in [0.2, 0.25) is 5.02 Å². The van der Waals surface area contributed by atoms with Gasteiger partial charge in [0.25, 0.3) is 0 Å². The summed E-state index contributed by atoms with van der Waals surface area (Å²) in [6.45, 7) is 2.01. The van der Waals surface area contributed by atoms with E-state index >= 15 is 0 Å². The van der Waals surface area contributed by atoms with Gasteiger partial charge in [0.2, 0.25) is 0 Å². The highest BCUT2D eigenvalue weighted by molar-refractivity contribution is 14.1. The first kappa shape index (κ1) is 9.29. The Hall–Kier alpha value is 0.200. The fourth-order valence-corrected chi connectivity index (χ4v) is 1.82. The highest BCUT2D eigenvalue weighted by atomic mass is 127. The second kappa shape index (κ2) is 3.74. The zero-order valence-electron chi connectivity index (χ0n) is 6.06. The average molecular weight is 283 g/mol. The molecule has 1 aromatic carbocycles. The van der Waals surface area contributed by atoms with E-state index in [0.29, 0.717) is 0 Å². The number of rotatable bonds is 1. The maximum atomic E-state index is 8.89. The number of aryl methyl sites for hydroxylation is 1. The standard InChI is InChI=1S/C8H8ClIO/c1-5-2-6(4-11)8(10)3-7(5)9/h2-3,11H,4H2,1H3. The van der Waals surface area contributed by atoms with Crippen LogP contribution in [0.4, 0.5) is 0 Å². The van der Waals surface area contributed by atoms with Gasteiger partial charge in [0.05, 0.1) is 6.61 Å². The van der Waals surface area contributed by atoms with Gasteiger partial charge in [0.1, 0.15) is 0 Å². The average Bonchev–Trinajstić information content (AvgIpc) is 1.97. The van der Waals surface area contributed by atoms with Crippen molar-refractivity contribution in [2.24, 2.45) is 0 Å². The van der Waals surface area contributed by atoms with E-state index in [1.165, 1.54) is 0 Å². The zero-order valence-corrected chi connectivity index (χ0v) is 8.98. The lowest BCUT2D eigenvalue weighted by atomic mass is 10.1. The van der Waals surface area contributed by atoms with Crippen molar-refractivity contribution in [3.63, 3.8) is 0 Å². The minimum absolute atomic E-state index is 0.0796. The van der Waals surface area contributed by atoms with E-state index in [4.69, 9.17) is 16.7 Å². The van der Waals surface area contributed by atoms with Crippen LogP contribution in [-0.4, -0.2) is 5.11 Å². The third kappa shape index (κ3) is 2.07. The third-order valence-corrected chi connectivity index (χ3v) is 2.91. The van der Waals surface area contributed by atoms with Crippen LogP contribution in [0.25, 0.3) is 0 Å². The van der Waals surface area contributed by atoms with Crippen LogP contribution in [-0.2, 0) is 6.61 Å². The molecule has 0 heterocycles. The SMILES string of the molecule is Cc1cc(CO)c(I)cc1Cl. The maximum absolute atomic E-state index is 8.89. The molecule has 11 heavy (non-hydrogen) atoms. The van der Waals surface area contributed by atoms with E-state index in [0.717, 1.165) is 19.7 Å². The topological polar surface area (TPSA) is 20.2 Å². The summed E-state index contributed by atoms with van der Waals surface area (Å²) in [6.07, 6.45) is 0. The second-order valence-electron chi connectivity index (χ2n) is 2.35. The fraction of sp³-hybridized carbons (Fsp3) is 0.250. The Kier molecular flexibility index (Phi) is 3.16. The molecule has 0 radical (unpaired) electrons. The van der Waals surface area contributed by atoms with E-state index in [1.54, 1.807) is 0 Å². The quantitative estimate of drug-likeness (QED) is 0.785. The molecule has 0 aliphatic rings. The molecule has 0 atom stereocenters.